The summed E-state index contributed by atoms with van der Waals surface area (Å²) in [6, 6.07) is 11.8. The van der Waals surface area contributed by atoms with Crippen molar-refractivity contribution < 1.29 is 14.3 Å². The van der Waals surface area contributed by atoms with E-state index in [-0.39, 0.29) is 11.3 Å². The molecule has 0 aliphatic carbocycles. The minimum absolute atomic E-state index is 0.104. The number of benzene rings is 2. The molecule has 0 unspecified atom stereocenters. The van der Waals surface area contributed by atoms with Crippen LogP contribution in [0.15, 0.2) is 36.4 Å². The van der Waals surface area contributed by atoms with Crippen LogP contribution in [0.3, 0.4) is 0 Å². The maximum absolute atomic E-state index is 12.9. The molecule has 4 nitrogen and oxygen atoms in total. The van der Waals surface area contributed by atoms with Crippen molar-refractivity contribution in [3.63, 3.8) is 0 Å². The maximum atomic E-state index is 12.9. The molecule has 144 valence electrons. The van der Waals surface area contributed by atoms with Gasteiger partial charge < -0.3 is 14.4 Å². The highest BCUT2D eigenvalue weighted by atomic mass is 35.5. The Hall–Kier alpha value is -2.20. The van der Waals surface area contributed by atoms with Crippen molar-refractivity contribution in [3.8, 4) is 11.5 Å². The van der Waals surface area contributed by atoms with Gasteiger partial charge >= 0.3 is 0 Å². The summed E-state index contributed by atoms with van der Waals surface area (Å²) in [6.07, 6.45) is 0.790. The monoisotopic (exact) mass is 387 g/mol. The normalized spacial score (nSPS) is 13.8. The van der Waals surface area contributed by atoms with Gasteiger partial charge in [0.2, 0.25) is 0 Å². The molecule has 2 aromatic rings. The standard InChI is InChI=1S/C22H26ClNO3/c1-22(2,3)17-8-6-15(7-9-17)14-24(4)21(25)16-12-18(23)20-19(13-16)26-10-5-11-27-20/h6-9,12-13H,5,10-11,14H2,1-4H3. The number of nitrogens with zero attached hydrogens (tertiary/aromatic N) is 1. The van der Waals surface area contributed by atoms with Crippen molar-refractivity contribution in [3.05, 3.63) is 58.1 Å². The maximum Gasteiger partial charge on any atom is 0.254 e. The first-order valence-electron chi connectivity index (χ1n) is 9.20. The van der Waals surface area contributed by atoms with Gasteiger partial charge in [-0.1, -0.05) is 56.6 Å². The minimum atomic E-state index is -0.104. The molecule has 0 saturated carbocycles. The quantitative estimate of drug-likeness (QED) is 0.737. The Bertz CT molecular complexity index is 825. The highest BCUT2D eigenvalue weighted by Crippen LogP contribution is 2.38. The van der Waals surface area contributed by atoms with Crippen LogP contribution in [0.2, 0.25) is 5.02 Å². The molecule has 0 saturated heterocycles. The van der Waals surface area contributed by atoms with Crippen LogP contribution < -0.4 is 9.47 Å². The summed E-state index contributed by atoms with van der Waals surface area (Å²) < 4.78 is 11.3. The van der Waals surface area contributed by atoms with Gasteiger partial charge in [-0.3, -0.25) is 4.79 Å². The summed E-state index contributed by atoms with van der Waals surface area (Å²) in [5, 5.41) is 0.403. The number of ether oxygens (including phenoxy) is 2. The van der Waals surface area contributed by atoms with Crippen LogP contribution in [0, 0.1) is 0 Å². The first-order chi connectivity index (χ1) is 12.8. The average molecular weight is 388 g/mol. The van der Waals surface area contributed by atoms with E-state index in [0.717, 1.165) is 12.0 Å². The van der Waals surface area contributed by atoms with Crippen LogP contribution >= 0.6 is 11.6 Å². The van der Waals surface area contributed by atoms with E-state index in [1.54, 1.807) is 24.1 Å². The Balaban J connectivity index is 1.75. The lowest BCUT2D eigenvalue weighted by Gasteiger charge is -2.21. The topological polar surface area (TPSA) is 38.8 Å². The van der Waals surface area contributed by atoms with Gasteiger partial charge in [-0.25, -0.2) is 0 Å². The van der Waals surface area contributed by atoms with Crippen molar-refractivity contribution in [2.45, 2.75) is 39.2 Å². The predicted octanol–water partition coefficient (Wildman–Crippen LogP) is 5.07. The summed E-state index contributed by atoms with van der Waals surface area (Å²) in [6.45, 7) is 8.19. The third-order valence-electron chi connectivity index (χ3n) is 4.64. The van der Waals surface area contributed by atoms with Gasteiger partial charge in [-0.15, -0.1) is 0 Å². The van der Waals surface area contributed by atoms with Gasteiger partial charge in [0.1, 0.15) is 0 Å². The number of rotatable bonds is 3. The van der Waals surface area contributed by atoms with E-state index in [1.165, 1.54) is 5.56 Å². The molecular formula is C22H26ClNO3. The zero-order chi connectivity index (χ0) is 19.6. The van der Waals surface area contributed by atoms with Crippen LogP contribution in [-0.2, 0) is 12.0 Å². The molecule has 0 bridgehead atoms. The molecule has 0 aromatic heterocycles. The summed E-state index contributed by atoms with van der Waals surface area (Å²) in [4.78, 5) is 14.6. The SMILES string of the molecule is CN(Cc1ccc(C(C)(C)C)cc1)C(=O)c1cc(Cl)c2c(c1)OCCCO2. The van der Waals surface area contributed by atoms with Crippen molar-refractivity contribution >= 4 is 17.5 Å². The number of hydrogen-bond acceptors (Lipinski definition) is 3. The molecule has 5 heteroatoms. The van der Waals surface area contributed by atoms with E-state index in [0.29, 0.717) is 41.8 Å². The lowest BCUT2D eigenvalue weighted by atomic mass is 9.87. The molecule has 0 spiro atoms. The molecule has 0 radical (unpaired) electrons. The van der Waals surface area contributed by atoms with Crippen LogP contribution in [0.25, 0.3) is 0 Å². The Morgan fingerprint density at radius 1 is 1.11 bits per heavy atom. The third kappa shape index (κ3) is 4.56. The Morgan fingerprint density at radius 3 is 2.44 bits per heavy atom. The molecule has 0 atom stereocenters. The molecule has 0 fully saturated rings. The molecule has 1 amide bonds. The Morgan fingerprint density at radius 2 is 1.78 bits per heavy atom. The van der Waals surface area contributed by atoms with Gasteiger partial charge in [-0.05, 0) is 28.7 Å². The van der Waals surface area contributed by atoms with Crippen LogP contribution in [0.4, 0.5) is 0 Å². The fourth-order valence-electron chi connectivity index (χ4n) is 3.03. The molecule has 1 aliphatic rings. The van der Waals surface area contributed by atoms with Crippen molar-refractivity contribution in [1.29, 1.82) is 0 Å². The lowest BCUT2D eigenvalue weighted by Crippen LogP contribution is -2.26. The van der Waals surface area contributed by atoms with E-state index >= 15 is 0 Å². The summed E-state index contributed by atoms with van der Waals surface area (Å²) in [7, 11) is 1.79. The molecule has 1 aliphatic heterocycles. The van der Waals surface area contributed by atoms with E-state index in [9.17, 15) is 4.79 Å². The second-order valence-electron chi connectivity index (χ2n) is 7.94. The molecule has 3 rings (SSSR count). The second kappa shape index (κ2) is 7.81. The largest absolute Gasteiger partial charge is 0.489 e. The Labute approximate surface area is 166 Å². The fraction of sp³-hybridized carbons (Fsp3) is 0.409. The zero-order valence-electron chi connectivity index (χ0n) is 16.3. The van der Waals surface area contributed by atoms with Crippen LogP contribution in [-0.4, -0.2) is 31.1 Å². The van der Waals surface area contributed by atoms with Crippen molar-refractivity contribution in [2.24, 2.45) is 0 Å². The van der Waals surface area contributed by atoms with Crippen LogP contribution in [0.1, 0.15) is 48.7 Å². The Kier molecular flexibility index (Phi) is 5.66. The second-order valence-corrected chi connectivity index (χ2v) is 8.35. The zero-order valence-corrected chi connectivity index (χ0v) is 17.1. The summed E-state index contributed by atoms with van der Waals surface area (Å²) in [5.74, 6) is 0.949. The summed E-state index contributed by atoms with van der Waals surface area (Å²) in [5.41, 5.74) is 2.97. The van der Waals surface area contributed by atoms with Gasteiger partial charge in [0.15, 0.2) is 11.5 Å². The minimum Gasteiger partial charge on any atom is -0.489 e. The average Bonchev–Trinajstić information content (AvgIpc) is 2.86. The summed E-state index contributed by atoms with van der Waals surface area (Å²) >= 11 is 6.31. The molecule has 27 heavy (non-hydrogen) atoms. The van der Waals surface area contributed by atoms with Crippen molar-refractivity contribution in [1.82, 2.24) is 4.90 Å². The van der Waals surface area contributed by atoms with Gasteiger partial charge in [-0.2, -0.15) is 0 Å². The molecule has 1 heterocycles. The molecule has 2 aromatic carbocycles. The smallest absolute Gasteiger partial charge is 0.254 e. The number of carbonyl (C=O) groups excluding carboxylic acids is 1. The number of carbonyl (C=O) groups is 1. The first kappa shape index (κ1) is 19.6. The van der Waals surface area contributed by atoms with Crippen molar-refractivity contribution in [2.75, 3.05) is 20.3 Å². The first-order valence-corrected chi connectivity index (χ1v) is 9.57. The molecular weight excluding hydrogens is 362 g/mol. The van der Waals surface area contributed by atoms with Crippen LogP contribution in [0.5, 0.6) is 11.5 Å². The number of hydrogen-bond donors (Lipinski definition) is 0. The van der Waals surface area contributed by atoms with E-state index in [1.807, 2.05) is 0 Å². The van der Waals surface area contributed by atoms with E-state index in [2.05, 4.69) is 45.0 Å². The van der Waals surface area contributed by atoms with Gasteiger partial charge in [0, 0.05) is 25.6 Å². The van der Waals surface area contributed by atoms with E-state index in [4.69, 9.17) is 21.1 Å². The lowest BCUT2D eigenvalue weighted by molar-refractivity contribution is 0.0784. The van der Waals surface area contributed by atoms with E-state index < -0.39 is 0 Å². The number of halogens is 1. The predicted molar refractivity (Wildman–Crippen MR) is 108 cm³/mol. The highest BCUT2D eigenvalue weighted by Gasteiger charge is 2.20. The number of amides is 1. The highest BCUT2D eigenvalue weighted by molar-refractivity contribution is 6.32. The van der Waals surface area contributed by atoms with Gasteiger partial charge in [0.25, 0.3) is 5.91 Å². The number of fused-ring (bicyclic) bond motifs is 1. The third-order valence-corrected chi connectivity index (χ3v) is 4.92. The molecule has 0 N–H and O–H groups in total. The fourth-order valence-corrected chi connectivity index (χ4v) is 3.30. The van der Waals surface area contributed by atoms with Gasteiger partial charge in [0.05, 0.1) is 18.2 Å².